The van der Waals surface area contributed by atoms with Crippen LogP contribution < -0.4 is 0 Å². The van der Waals surface area contributed by atoms with Crippen LogP contribution in [0.5, 0.6) is 0 Å². The first-order chi connectivity index (χ1) is 28.8. The summed E-state index contributed by atoms with van der Waals surface area (Å²) < 4.78 is 0. The molecular formula is C58H36. The van der Waals surface area contributed by atoms with Crippen molar-refractivity contribution >= 4 is 75.4 Å². The normalized spacial score (nSPS) is 11.8. The second-order valence-corrected chi connectivity index (χ2v) is 15.6. The molecule has 0 radical (unpaired) electrons. The summed E-state index contributed by atoms with van der Waals surface area (Å²) in [7, 11) is 0. The van der Waals surface area contributed by atoms with Crippen molar-refractivity contribution in [2.75, 3.05) is 0 Å². The molecule has 0 unspecified atom stereocenters. The van der Waals surface area contributed by atoms with Crippen molar-refractivity contribution in [1.82, 2.24) is 0 Å². The highest BCUT2D eigenvalue weighted by atomic mass is 14.2. The highest BCUT2D eigenvalue weighted by molar-refractivity contribution is 6.25. The Morgan fingerprint density at radius 2 is 0.414 bits per heavy atom. The first-order valence-electron chi connectivity index (χ1n) is 20.2. The predicted molar refractivity (Wildman–Crippen MR) is 251 cm³/mol. The van der Waals surface area contributed by atoms with Crippen LogP contribution in [0.3, 0.4) is 0 Å². The number of fused-ring (bicyclic) bond motifs is 11. The van der Waals surface area contributed by atoms with Gasteiger partial charge in [0.15, 0.2) is 0 Å². The van der Waals surface area contributed by atoms with Crippen molar-refractivity contribution < 1.29 is 0 Å². The highest BCUT2D eigenvalue weighted by Gasteiger charge is 2.17. The average Bonchev–Trinajstić information content (AvgIpc) is 3.30. The van der Waals surface area contributed by atoms with Gasteiger partial charge in [0, 0.05) is 0 Å². The van der Waals surface area contributed by atoms with E-state index in [9.17, 15) is 0 Å². The van der Waals surface area contributed by atoms with Gasteiger partial charge in [-0.3, -0.25) is 0 Å². The molecule has 0 heteroatoms. The lowest BCUT2D eigenvalue weighted by atomic mass is 9.86. The Labute approximate surface area is 336 Å². The zero-order chi connectivity index (χ0) is 38.2. The second kappa shape index (κ2) is 13.0. The summed E-state index contributed by atoms with van der Waals surface area (Å²) in [6, 6.07) is 80.9. The third kappa shape index (κ3) is 5.09. The van der Waals surface area contributed by atoms with E-state index in [0.29, 0.717) is 0 Å². The van der Waals surface area contributed by atoms with E-state index >= 15 is 0 Å². The van der Waals surface area contributed by atoms with E-state index in [-0.39, 0.29) is 0 Å². The maximum atomic E-state index is 2.43. The van der Waals surface area contributed by atoms with Gasteiger partial charge in [-0.05, 0) is 156 Å². The predicted octanol–water partition coefficient (Wildman–Crippen LogP) is 16.4. The molecule has 12 aromatic rings. The Hall–Kier alpha value is -7.54. The van der Waals surface area contributed by atoms with Crippen LogP contribution in [0.25, 0.3) is 120 Å². The highest BCUT2D eigenvalue weighted by Crippen LogP contribution is 2.44. The first kappa shape index (κ1) is 32.7. The molecule has 268 valence electrons. The summed E-state index contributed by atoms with van der Waals surface area (Å²) in [5, 5.41) is 17.8. The summed E-state index contributed by atoms with van der Waals surface area (Å²) >= 11 is 0. The van der Waals surface area contributed by atoms with Gasteiger partial charge in [0.1, 0.15) is 0 Å². The smallest absolute Gasteiger partial charge is 0.00923 e. The summed E-state index contributed by atoms with van der Waals surface area (Å²) in [5.41, 5.74) is 10.00. The van der Waals surface area contributed by atoms with Gasteiger partial charge in [-0.1, -0.05) is 182 Å². The Balaban J connectivity index is 1.03. The summed E-state index contributed by atoms with van der Waals surface area (Å²) in [6.45, 7) is 0. The van der Waals surface area contributed by atoms with Gasteiger partial charge >= 0.3 is 0 Å². The van der Waals surface area contributed by atoms with E-state index in [4.69, 9.17) is 0 Å². The number of rotatable bonds is 4. The van der Waals surface area contributed by atoms with Crippen molar-refractivity contribution in [2.45, 2.75) is 0 Å². The monoisotopic (exact) mass is 732 g/mol. The molecule has 0 amide bonds. The number of benzene rings is 12. The van der Waals surface area contributed by atoms with Crippen LogP contribution in [0, 0.1) is 0 Å². The summed E-state index contributed by atoms with van der Waals surface area (Å²) in [6.07, 6.45) is 0. The van der Waals surface area contributed by atoms with Gasteiger partial charge in [0.25, 0.3) is 0 Å². The minimum atomic E-state index is 1.23. The van der Waals surface area contributed by atoms with Crippen molar-refractivity contribution in [3.8, 4) is 44.5 Å². The summed E-state index contributed by atoms with van der Waals surface area (Å²) in [5.74, 6) is 0. The molecule has 0 aromatic heterocycles. The lowest BCUT2D eigenvalue weighted by molar-refractivity contribution is 1.66. The largest absolute Gasteiger partial charge is 0.0622 e. The van der Waals surface area contributed by atoms with Gasteiger partial charge in [-0.15, -0.1) is 0 Å². The van der Waals surface area contributed by atoms with E-state index in [1.807, 2.05) is 0 Å². The molecule has 0 atom stereocenters. The quantitative estimate of drug-likeness (QED) is 0.158. The molecule has 0 nitrogen and oxygen atoms in total. The Kier molecular flexibility index (Phi) is 7.33. The maximum absolute atomic E-state index is 2.43. The van der Waals surface area contributed by atoms with Gasteiger partial charge in [0.05, 0.1) is 0 Å². The topological polar surface area (TPSA) is 0 Å². The molecule has 0 spiro atoms. The summed E-state index contributed by atoms with van der Waals surface area (Å²) in [4.78, 5) is 0. The minimum absolute atomic E-state index is 1.23. The second-order valence-electron chi connectivity index (χ2n) is 15.6. The van der Waals surface area contributed by atoms with Crippen LogP contribution in [0.15, 0.2) is 218 Å². The maximum Gasteiger partial charge on any atom is -0.00923 e. The van der Waals surface area contributed by atoms with Crippen molar-refractivity contribution in [2.24, 2.45) is 0 Å². The molecule has 0 fully saturated rings. The van der Waals surface area contributed by atoms with E-state index in [1.165, 1.54) is 120 Å². The molecule has 12 aromatic carbocycles. The van der Waals surface area contributed by atoms with Gasteiger partial charge in [-0.25, -0.2) is 0 Å². The fraction of sp³-hybridized carbons (Fsp3) is 0. The molecule has 0 saturated heterocycles. The van der Waals surface area contributed by atoms with Crippen LogP contribution in [-0.4, -0.2) is 0 Å². The third-order valence-electron chi connectivity index (χ3n) is 12.4. The Bertz CT molecular complexity index is 3350. The molecule has 0 heterocycles. The van der Waals surface area contributed by atoms with Gasteiger partial charge in [0.2, 0.25) is 0 Å². The van der Waals surface area contributed by atoms with Crippen LogP contribution in [0.1, 0.15) is 0 Å². The van der Waals surface area contributed by atoms with Crippen LogP contribution in [0.4, 0.5) is 0 Å². The molecule has 0 aliphatic carbocycles. The van der Waals surface area contributed by atoms with Crippen molar-refractivity contribution in [3.63, 3.8) is 0 Å². The molecule has 0 bridgehead atoms. The molecule has 58 heavy (non-hydrogen) atoms. The molecule has 0 aliphatic heterocycles. The van der Waals surface area contributed by atoms with Gasteiger partial charge in [-0.2, -0.15) is 0 Å². The standard InChI is InChI=1S/C58H36/c1-3-15-37(16-4-1)51-33-55-49-25-13-9-21-45(49)53(35-57(55)47-23-11-7-19-43(47)51)41-29-27-40-32-42(30-28-39(40)31-41)54-36-58-48-24-12-8-20-44(48)52(38-17-5-2-6-18-38)34-56(58)50-26-14-10-22-46(50)54/h1-36H. The average molecular weight is 733 g/mol. The fourth-order valence-corrected chi connectivity index (χ4v) is 9.67. The molecule has 0 saturated carbocycles. The van der Waals surface area contributed by atoms with Crippen LogP contribution in [-0.2, 0) is 0 Å². The number of hydrogen-bond donors (Lipinski definition) is 0. The lowest BCUT2D eigenvalue weighted by Gasteiger charge is -2.17. The fourth-order valence-electron chi connectivity index (χ4n) is 9.67. The zero-order valence-electron chi connectivity index (χ0n) is 31.8. The molecule has 0 aliphatic rings. The van der Waals surface area contributed by atoms with Crippen molar-refractivity contribution in [1.29, 1.82) is 0 Å². The number of hydrogen-bond acceptors (Lipinski definition) is 0. The lowest BCUT2D eigenvalue weighted by Crippen LogP contribution is -1.90. The van der Waals surface area contributed by atoms with E-state index in [1.54, 1.807) is 0 Å². The minimum Gasteiger partial charge on any atom is -0.0622 e. The van der Waals surface area contributed by atoms with E-state index < -0.39 is 0 Å². The van der Waals surface area contributed by atoms with Crippen LogP contribution >= 0.6 is 0 Å². The molecule has 0 N–H and O–H groups in total. The van der Waals surface area contributed by atoms with E-state index in [0.717, 1.165) is 0 Å². The Morgan fingerprint density at radius 1 is 0.155 bits per heavy atom. The third-order valence-corrected chi connectivity index (χ3v) is 12.4. The first-order valence-corrected chi connectivity index (χ1v) is 20.2. The molecular weight excluding hydrogens is 697 g/mol. The zero-order valence-corrected chi connectivity index (χ0v) is 31.8. The van der Waals surface area contributed by atoms with E-state index in [2.05, 4.69) is 218 Å². The Morgan fingerprint density at radius 3 is 0.724 bits per heavy atom. The van der Waals surface area contributed by atoms with Crippen molar-refractivity contribution in [3.05, 3.63) is 218 Å². The van der Waals surface area contributed by atoms with Crippen LogP contribution in [0.2, 0.25) is 0 Å². The molecule has 12 rings (SSSR count). The van der Waals surface area contributed by atoms with Gasteiger partial charge < -0.3 is 0 Å². The SMILES string of the molecule is c1ccc(-c2cc3c4ccccc4c(-c4ccc5cc(-c6cc7c8ccccc8c(-c8ccccc8)cc7c7ccccc67)ccc5c4)cc3c3ccccc23)cc1.